The summed E-state index contributed by atoms with van der Waals surface area (Å²) in [6.07, 6.45) is 0.210. The Hall–Kier alpha value is -6.16. The Balaban J connectivity index is 1.46. The maximum absolute atomic E-state index is 13.1. The van der Waals surface area contributed by atoms with Gasteiger partial charge >= 0.3 is 49.4 Å². The first-order valence-corrected chi connectivity index (χ1v) is 20.9. The molecule has 0 aromatic heterocycles. The normalized spacial score (nSPS) is 11.1. The molecule has 3 rings (SSSR count). The van der Waals surface area contributed by atoms with Gasteiger partial charge in [0, 0.05) is 36.8 Å². The smallest absolute Gasteiger partial charge is 0.362 e. The van der Waals surface area contributed by atoms with Crippen LogP contribution in [-0.2, 0) is 48.2 Å². The van der Waals surface area contributed by atoms with Gasteiger partial charge in [0.1, 0.15) is 36.2 Å². The van der Waals surface area contributed by atoms with Gasteiger partial charge in [0.25, 0.3) is 0 Å². The van der Waals surface area contributed by atoms with Gasteiger partial charge in [0.2, 0.25) is 0 Å². The highest BCUT2D eigenvalue weighted by Gasteiger charge is 2.24. The summed E-state index contributed by atoms with van der Waals surface area (Å²) in [4.78, 5) is 103. The zero-order chi connectivity index (χ0) is 45.2. The van der Waals surface area contributed by atoms with Crippen LogP contribution in [0.3, 0.4) is 0 Å². The number of benzene rings is 3. The van der Waals surface area contributed by atoms with E-state index in [9.17, 15) is 38.1 Å². The zero-order valence-electron chi connectivity index (χ0n) is 34.3. The van der Waals surface area contributed by atoms with Crippen LogP contribution in [-0.4, -0.2) is 71.1 Å². The molecule has 0 aliphatic heterocycles. The third kappa shape index (κ3) is 18.8. The molecule has 61 heavy (non-hydrogen) atoms. The van der Waals surface area contributed by atoms with Crippen LogP contribution < -0.4 is 18.9 Å². The number of esters is 7. The highest BCUT2D eigenvalue weighted by molar-refractivity contribution is 7.51. The average Bonchev–Trinajstić information content (AvgIpc) is 3.19. The largest absolute Gasteiger partial charge is 0.462 e. The third-order valence-electron chi connectivity index (χ3n) is 8.16. The Bertz CT molecular complexity index is 2090. The van der Waals surface area contributed by atoms with Gasteiger partial charge in [-0.2, -0.15) is 0 Å². The van der Waals surface area contributed by atoms with Crippen molar-refractivity contribution in [3.05, 3.63) is 95.6 Å². The lowest BCUT2D eigenvalue weighted by Crippen LogP contribution is -2.17. The van der Waals surface area contributed by atoms with E-state index in [0.29, 0.717) is 18.4 Å². The summed E-state index contributed by atoms with van der Waals surface area (Å²) < 4.78 is 47.0. The molecule has 2 N–H and O–H groups in total. The van der Waals surface area contributed by atoms with Gasteiger partial charge in [-0.3, -0.25) is 23.7 Å². The lowest BCUT2D eigenvalue weighted by molar-refractivity contribution is -0.150. The number of hydrogen-bond donors (Lipinski definition) is 2. The maximum Gasteiger partial charge on any atom is 0.362 e. The number of unbranched alkanes of at least 4 members (excludes halogenated alkanes) is 2. The molecule has 18 heteroatoms. The Morgan fingerprint density at radius 3 is 1.46 bits per heavy atom. The minimum atomic E-state index is -4.46. The molecular weight excluding hydrogens is 819 g/mol. The van der Waals surface area contributed by atoms with E-state index in [1.165, 1.54) is 67.6 Å². The molecule has 0 saturated heterocycles. The number of carbonyl (C=O) groups excluding carboxylic acids is 7. The molecule has 0 saturated carbocycles. The van der Waals surface area contributed by atoms with Crippen LogP contribution in [0.1, 0.15) is 105 Å². The van der Waals surface area contributed by atoms with Crippen LogP contribution in [0.5, 0.6) is 23.0 Å². The van der Waals surface area contributed by atoms with Crippen LogP contribution in [0.15, 0.2) is 78.9 Å². The third-order valence-corrected chi connectivity index (χ3v) is 8.63. The Morgan fingerprint density at radius 1 is 0.574 bits per heavy atom. The summed E-state index contributed by atoms with van der Waals surface area (Å²) in [5, 5.41) is 0. The van der Waals surface area contributed by atoms with E-state index in [2.05, 4.69) is 11.3 Å². The predicted molar refractivity (Wildman–Crippen MR) is 216 cm³/mol. The van der Waals surface area contributed by atoms with E-state index in [1.807, 2.05) is 20.8 Å². The minimum absolute atomic E-state index is 0.0338. The second kappa shape index (κ2) is 23.6. The summed E-state index contributed by atoms with van der Waals surface area (Å²) in [7, 11) is -4.46. The Morgan fingerprint density at radius 2 is 1.00 bits per heavy atom. The van der Waals surface area contributed by atoms with Crippen LogP contribution in [0, 0.1) is 0 Å². The van der Waals surface area contributed by atoms with Crippen molar-refractivity contribution in [1.82, 2.24) is 0 Å². The average molecular weight is 869 g/mol. The van der Waals surface area contributed by atoms with Crippen LogP contribution >= 0.6 is 7.60 Å². The van der Waals surface area contributed by atoms with Crippen molar-refractivity contribution in [1.29, 1.82) is 0 Å². The highest BCUT2D eigenvalue weighted by Crippen LogP contribution is 2.36. The monoisotopic (exact) mass is 868 g/mol. The summed E-state index contributed by atoms with van der Waals surface area (Å²) >= 11 is 0. The van der Waals surface area contributed by atoms with Gasteiger partial charge in [0.15, 0.2) is 6.35 Å². The second-order valence-electron chi connectivity index (χ2n) is 14.5. The number of rotatable bonds is 22. The van der Waals surface area contributed by atoms with E-state index in [1.54, 1.807) is 6.07 Å². The van der Waals surface area contributed by atoms with Gasteiger partial charge in [-0.25, -0.2) is 14.4 Å². The van der Waals surface area contributed by atoms with Gasteiger partial charge in [-0.05, 0) is 105 Å². The fraction of sp³-hybridized carbons (Fsp3) is 0.372. The van der Waals surface area contributed by atoms with Crippen LogP contribution in [0.25, 0.3) is 0 Å². The van der Waals surface area contributed by atoms with E-state index in [0.717, 1.165) is 0 Å². The fourth-order valence-corrected chi connectivity index (χ4v) is 5.36. The molecule has 0 amide bonds. The summed E-state index contributed by atoms with van der Waals surface area (Å²) in [6, 6.07) is 16.0. The van der Waals surface area contributed by atoms with E-state index >= 15 is 0 Å². The molecule has 0 aliphatic carbocycles. The molecule has 3 aromatic rings. The SMILES string of the molecule is C=C(C)C(=O)OCCOC(=O)CCCCC(=O)Oc1ccc(C(=O)Oc2ccc(OC(=O)c3ccc(OC(=O)CCCCC(=O)OCP(=O)(O)O)cc3)cc2C(C)(C)C)cc1. The standard InChI is InChI=1S/C43H49O17P/c1-28(2)40(48)55-25-24-54-36(44)10-6-8-12-38(46)58-32-20-16-30(17-21-32)42(50)60-35-23-22-33(26-34(35)43(3,4)5)59-41(49)29-14-18-31(19-15-29)57-39(47)13-9-7-11-37(45)56-27-61(51,52)53/h14-23,26H,1,6-13,24-25,27H2,2-5H3,(H2,51,52,53). The van der Waals surface area contributed by atoms with E-state index in [4.69, 9.17) is 38.2 Å². The van der Waals surface area contributed by atoms with Crippen LogP contribution in [0.2, 0.25) is 0 Å². The van der Waals surface area contributed by atoms with Gasteiger partial charge in [-0.15, -0.1) is 0 Å². The van der Waals surface area contributed by atoms with E-state index in [-0.39, 0.29) is 91.4 Å². The molecule has 17 nitrogen and oxygen atoms in total. The van der Waals surface area contributed by atoms with Gasteiger partial charge in [-0.1, -0.05) is 27.4 Å². The van der Waals surface area contributed by atoms with Crippen molar-refractivity contribution in [3.63, 3.8) is 0 Å². The van der Waals surface area contributed by atoms with Crippen molar-refractivity contribution < 1.29 is 81.1 Å². The topological polar surface area (TPSA) is 242 Å². The summed E-state index contributed by atoms with van der Waals surface area (Å²) in [5.74, 6) is -3.57. The molecule has 0 radical (unpaired) electrons. The first-order valence-electron chi connectivity index (χ1n) is 19.1. The molecule has 0 bridgehead atoms. The highest BCUT2D eigenvalue weighted by atomic mass is 31.2. The fourth-order valence-electron chi connectivity index (χ4n) is 5.05. The first kappa shape index (κ1) is 49.2. The second-order valence-corrected chi connectivity index (χ2v) is 16.1. The molecule has 328 valence electrons. The molecule has 0 unspecified atom stereocenters. The number of ether oxygens (including phenoxy) is 7. The quantitative estimate of drug-likeness (QED) is 0.0267. The molecule has 0 aliphatic rings. The maximum atomic E-state index is 13.1. The lowest BCUT2D eigenvalue weighted by Gasteiger charge is -2.23. The zero-order valence-corrected chi connectivity index (χ0v) is 35.2. The molecular formula is C43H49O17P. The molecule has 0 fully saturated rings. The van der Waals surface area contributed by atoms with Crippen molar-refractivity contribution in [2.45, 2.75) is 84.5 Å². The van der Waals surface area contributed by atoms with Crippen molar-refractivity contribution >= 4 is 49.4 Å². The Kier molecular flexibility index (Phi) is 19.0. The summed E-state index contributed by atoms with van der Waals surface area (Å²) in [5.41, 5.74) is 0.584. The molecule has 0 spiro atoms. The predicted octanol–water partition coefficient (Wildman–Crippen LogP) is 6.70. The number of hydrogen-bond acceptors (Lipinski definition) is 15. The lowest BCUT2D eigenvalue weighted by atomic mass is 9.86. The van der Waals surface area contributed by atoms with Crippen LogP contribution in [0.4, 0.5) is 0 Å². The van der Waals surface area contributed by atoms with Gasteiger partial charge in [0.05, 0.1) is 11.1 Å². The molecule has 0 heterocycles. The van der Waals surface area contributed by atoms with E-state index < -0.39 is 61.1 Å². The molecule has 0 atom stereocenters. The Labute approximate surface area is 352 Å². The minimum Gasteiger partial charge on any atom is -0.462 e. The first-order chi connectivity index (χ1) is 28.7. The van der Waals surface area contributed by atoms with Gasteiger partial charge < -0.3 is 42.9 Å². The van der Waals surface area contributed by atoms with Crippen molar-refractivity contribution in [3.8, 4) is 23.0 Å². The van der Waals surface area contributed by atoms with Crippen molar-refractivity contribution in [2.75, 3.05) is 19.6 Å². The number of carbonyl (C=O) groups is 7. The summed E-state index contributed by atoms with van der Waals surface area (Å²) in [6.45, 7) is 10.5. The van der Waals surface area contributed by atoms with Crippen molar-refractivity contribution in [2.24, 2.45) is 0 Å². The molecule has 3 aromatic carbocycles.